The molecule has 0 saturated carbocycles. The molecule has 1 amide bonds. The molecule has 12 nitrogen and oxygen atoms in total. The van der Waals surface area contributed by atoms with Gasteiger partial charge in [0.2, 0.25) is 0 Å². The van der Waals surface area contributed by atoms with Crippen molar-refractivity contribution in [1.82, 2.24) is 10.3 Å². The molecule has 0 spiro atoms. The maximum atomic E-state index is 11.9. The van der Waals surface area contributed by atoms with Crippen LogP contribution in [0.1, 0.15) is 32.0 Å². The molecule has 40 heavy (non-hydrogen) atoms. The second-order valence-electron chi connectivity index (χ2n) is 9.41. The number of alkyl carbamates (subject to hydrolysis) is 1. The zero-order chi connectivity index (χ0) is 29.2. The van der Waals surface area contributed by atoms with Crippen molar-refractivity contribution in [3.8, 4) is 17.6 Å². The van der Waals surface area contributed by atoms with E-state index in [0.717, 1.165) is 5.56 Å². The smallest absolute Gasteiger partial charge is 0.408 e. The summed E-state index contributed by atoms with van der Waals surface area (Å²) in [5.41, 5.74) is 0.344. The highest BCUT2D eigenvalue weighted by Crippen LogP contribution is 2.14. The molecule has 1 aromatic heterocycles. The molecule has 0 aliphatic heterocycles. The first-order valence-corrected chi connectivity index (χ1v) is 12.8. The van der Waals surface area contributed by atoms with Crippen LogP contribution >= 0.6 is 0 Å². The number of aromatic nitrogens is 1. The maximum absolute atomic E-state index is 11.9. The Bertz CT molecular complexity index is 1060. The Kier molecular flexibility index (Phi) is 14.2. The molecule has 218 valence electrons. The average Bonchev–Trinajstić information content (AvgIpc) is 2.91. The van der Waals surface area contributed by atoms with Gasteiger partial charge >= 0.3 is 12.1 Å². The Morgan fingerprint density at radius 3 is 1.88 bits per heavy atom. The van der Waals surface area contributed by atoms with Crippen LogP contribution in [0.2, 0.25) is 0 Å². The summed E-state index contributed by atoms with van der Waals surface area (Å²) in [6.07, 6.45) is 0.823. The zero-order valence-corrected chi connectivity index (χ0v) is 23.1. The lowest BCUT2D eigenvalue weighted by Crippen LogP contribution is -2.44. The van der Waals surface area contributed by atoms with Crippen molar-refractivity contribution in [2.45, 2.75) is 38.8 Å². The number of nitriles is 1. The average molecular weight is 560 g/mol. The van der Waals surface area contributed by atoms with Gasteiger partial charge in [0.15, 0.2) is 0 Å². The first-order valence-electron chi connectivity index (χ1n) is 12.8. The van der Waals surface area contributed by atoms with E-state index >= 15 is 0 Å². The Morgan fingerprint density at radius 1 is 0.875 bits per heavy atom. The van der Waals surface area contributed by atoms with Gasteiger partial charge in [-0.1, -0.05) is 12.1 Å². The molecule has 0 bridgehead atoms. The molecule has 0 aliphatic rings. The van der Waals surface area contributed by atoms with Gasteiger partial charge in [0.25, 0.3) is 0 Å². The number of carboxylic acid groups (broad SMARTS) is 1. The fraction of sp³-hybridized carbons (Fsp3) is 0.500. The lowest BCUT2D eigenvalue weighted by molar-refractivity contribution is -0.139. The van der Waals surface area contributed by atoms with Gasteiger partial charge in [0.1, 0.15) is 48.1 Å². The van der Waals surface area contributed by atoms with Crippen LogP contribution in [-0.4, -0.2) is 86.7 Å². The van der Waals surface area contributed by atoms with E-state index < -0.39 is 23.7 Å². The number of nitrogens with zero attached hydrogens (tertiary/aromatic N) is 2. The van der Waals surface area contributed by atoms with Crippen molar-refractivity contribution < 1.29 is 43.1 Å². The maximum Gasteiger partial charge on any atom is 0.408 e. The first kappa shape index (κ1) is 32.3. The number of hydrogen-bond acceptors (Lipinski definition) is 10. The highest BCUT2D eigenvalue weighted by atomic mass is 16.6. The van der Waals surface area contributed by atoms with E-state index in [1.165, 1.54) is 6.20 Å². The molecule has 0 unspecified atom stereocenters. The van der Waals surface area contributed by atoms with Crippen LogP contribution in [0, 0.1) is 11.3 Å². The fourth-order valence-corrected chi connectivity index (χ4v) is 3.12. The SMILES string of the molecule is CC(C)(C)OC(=O)N[C@@H](Cc1ccc(OCCOCCOCCOCCOc2ccc(C#N)nc2)cc1)C(=O)O. The minimum absolute atomic E-state index is 0.104. The van der Waals surface area contributed by atoms with Crippen molar-refractivity contribution in [2.75, 3.05) is 52.9 Å². The van der Waals surface area contributed by atoms with E-state index in [2.05, 4.69) is 10.3 Å². The third-order valence-corrected chi connectivity index (χ3v) is 4.94. The number of carbonyl (C=O) groups is 2. The van der Waals surface area contributed by atoms with Crippen LogP contribution < -0.4 is 14.8 Å². The van der Waals surface area contributed by atoms with Crippen LogP contribution in [0.3, 0.4) is 0 Å². The Hall–Kier alpha value is -3.92. The van der Waals surface area contributed by atoms with Crippen molar-refractivity contribution >= 4 is 12.1 Å². The lowest BCUT2D eigenvalue weighted by atomic mass is 10.1. The summed E-state index contributed by atoms with van der Waals surface area (Å²) in [6, 6.07) is 11.1. The third kappa shape index (κ3) is 14.3. The monoisotopic (exact) mass is 559 g/mol. The minimum atomic E-state index is -1.15. The van der Waals surface area contributed by atoms with Gasteiger partial charge in [-0.25, -0.2) is 14.6 Å². The predicted octanol–water partition coefficient (Wildman–Crippen LogP) is 2.98. The van der Waals surface area contributed by atoms with E-state index in [-0.39, 0.29) is 6.42 Å². The number of benzene rings is 1. The normalized spacial score (nSPS) is 11.8. The first-order chi connectivity index (χ1) is 19.2. The van der Waals surface area contributed by atoms with Gasteiger partial charge in [0.05, 0.1) is 45.8 Å². The number of nitrogens with one attached hydrogen (secondary N) is 1. The number of hydrogen-bond donors (Lipinski definition) is 2. The van der Waals surface area contributed by atoms with Crippen molar-refractivity contribution in [3.63, 3.8) is 0 Å². The van der Waals surface area contributed by atoms with E-state index in [1.54, 1.807) is 57.2 Å². The standard InChI is InChI=1S/C28H37N3O9/c1-28(2,3)40-27(34)31-25(26(32)33)18-21-4-7-23(8-5-21)38-16-14-36-12-10-35-11-13-37-15-17-39-24-9-6-22(19-29)30-20-24/h4-9,20,25H,10-18H2,1-3H3,(H,31,34)(H,32,33)/t25-/m0/s1. The third-order valence-electron chi connectivity index (χ3n) is 4.94. The molecule has 1 atom stereocenters. The fourth-order valence-electron chi connectivity index (χ4n) is 3.12. The zero-order valence-electron chi connectivity index (χ0n) is 23.1. The highest BCUT2D eigenvalue weighted by Gasteiger charge is 2.24. The van der Waals surface area contributed by atoms with Crippen LogP contribution in [0.25, 0.3) is 0 Å². The van der Waals surface area contributed by atoms with E-state index in [1.807, 2.05) is 6.07 Å². The summed E-state index contributed by atoms with van der Waals surface area (Å²) >= 11 is 0. The number of pyridine rings is 1. The molecule has 1 aromatic carbocycles. The van der Waals surface area contributed by atoms with Gasteiger partial charge in [-0.15, -0.1) is 0 Å². The number of ether oxygens (including phenoxy) is 6. The summed E-state index contributed by atoms with van der Waals surface area (Å²) in [6.45, 7) is 8.31. The van der Waals surface area contributed by atoms with Crippen molar-refractivity contribution in [2.24, 2.45) is 0 Å². The Labute approximate surface area is 234 Å². The quantitative estimate of drug-likeness (QED) is 0.259. The van der Waals surface area contributed by atoms with Gasteiger partial charge in [-0.3, -0.25) is 0 Å². The summed E-state index contributed by atoms with van der Waals surface area (Å²) in [4.78, 5) is 27.4. The van der Waals surface area contributed by atoms with Crippen LogP contribution in [0.15, 0.2) is 42.6 Å². The summed E-state index contributed by atoms with van der Waals surface area (Å²) in [5, 5.41) is 20.5. The molecule has 2 rings (SSSR count). The highest BCUT2D eigenvalue weighted by molar-refractivity contribution is 5.80. The lowest BCUT2D eigenvalue weighted by Gasteiger charge is -2.22. The largest absolute Gasteiger partial charge is 0.491 e. The summed E-state index contributed by atoms with van der Waals surface area (Å²) in [7, 11) is 0. The van der Waals surface area contributed by atoms with E-state index in [9.17, 15) is 14.7 Å². The Morgan fingerprint density at radius 2 is 1.40 bits per heavy atom. The molecule has 0 radical (unpaired) electrons. The van der Waals surface area contributed by atoms with Crippen molar-refractivity contribution in [1.29, 1.82) is 5.26 Å². The number of carboxylic acids is 1. The number of carbonyl (C=O) groups excluding carboxylic acids is 1. The second-order valence-corrected chi connectivity index (χ2v) is 9.41. The molecule has 0 fully saturated rings. The molecular weight excluding hydrogens is 522 g/mol. The molecule has 2 aromatic rings. The minimum Gasteiger partial charge on any atom is -0.491 e. The molecular formula is C28H37N3O9. The second kappa shape index (κ2) is 17.6. The molecule has 2 N–H and O–H groups in total. The van der Waals surface area contributed by atoms with E-state index in [4.69, 9.17) is 33.7 Å². The molecule has 0 saturated heterocycles. The van der Waals surface area contributed by atoms with Gasteiger partial charge < -0.3 is 38.8 Å². The topological polar surface area (TPSA) is 158 Å². The molecule has 1 heterocycles. The number of rotatable bonds is 18. The summed E-state index contributed by atoms with van der Waals surface area (Å²) < 4.78 is 32.6. The number of aliphatic carboxylic acids is 1. The predicted molar refractivity (Wildman–Crippen MR) is 143 cm³/mol. The van der Waals surface area contributed by atoms with Crippen LogP contribution in [0.5, 0.6) is 11.5 Å². The van der Waals surface area contributed by atoms with Crippen molar-refractivity contribution in [3.05, 3.63) is 53.9 Å². The van der Waals surface area contributed by atoms with Gasteiger partial charge in [-0.2, -0.15) is 5.26 Å². The van der Waals surface area contributed by atoms with E-state index in [0.29, 0.717) is 70.0 Å². The Balaban J connectivity index is 1.48. The van der Waals surface area contributed by atoms with Crippen LogP contribution in [0.4, 0.5) is 4.79 Å². The molecule has 12 heteroatoms. The number of amides is 1. The summed E-state index contributed by atoms with van der Waals surface area (Å²) in [5.74, 6) is 0.0474. The molecule has 0 aliphatic carbocycles. The van der Waals surface area contributed by atoms with Gasteiger partial charge in [-0.05, 0) is 50.6 Å². The van der Waals surface area contributed by atoms with Crippen LogP contribution in [-0.2, 0) is 30.2 Å². The van der Waals surface area contributed by atoms with Gasteiger partial charge in [0, 0.05) is 6.42 Å².